The van der Waals surface area contributed by atoms with Crippen LogP contribution in [-0.2, 0) is 22.4 Å². The van der Waals surface area contributed by atoms with Gasteiger partial charge in [-0.3, -0.25) is 4.79 Å². The van der Waals surface area contributed by atoms with E-state index in [1.54, 1.807) is 12.1 Å². The smallest absolute Gasteiger partial charge is 0.305 e. The van der Waals surface area contributed by atoms with Gasteiger partial charge in [-0.2, -0.15) is 10.2 Å². The summed E-state index contributed by atoms with van der Waals surface area (Å²) in [4.78, 5) is 18.4. The van der Waals surface area contributed by atoms with Crippen molar-refractivity contribution < 1.29 is 18.8 Å². The van der Waals surface area contributed by atoms with Gasteiger partial charge in [0.1, 0.15) is 11.8 Å². The van der Waals surface area contributed by atoms with E-state index in [-0.39, 0.29) is 12.1 Å². The summed E-state index contributed by atoms with van der Waals surface area (Å²) in [5.41, 5.74) is 4.61. The second-order valence-corrected chi connectivity index (χ2v) is 8.92. The van der Waals surface area contributed by atoms with Crippen LogP contribution in [0, 0.1) is 11.3 Å². The third-order valence-corrected chi connectivity index (χ3v) is 6.08. The molecule has 2 aromatic carbocycles. The predicted molar refractivity (Wildman–Crippen MR) is 131 cm³/mol. The van der Waals surface area contributed by atoms with Crippen LogP contribution < -0.4 is 4.74 Å². The molecule has 0 aliphatic carbocycles. The molecule has 0 N–H and O–H groups in total. The minimum absolute atomic E-state index is 0.0249. The molecule has 0 spiro atoms. The molecule has 3 aromatic rings. The van der Waals surface area contributed by atoms with Gasteiger partial charge in [-0.1, -0.05) is 17.3 Å². The molecule has 8 nitrogen and oxygen atoms in total. The van der Waals surface area contributed by atoms with E-state index < -0.39 is 0 Å². The molecule has 0 atom stereocenters. The number of hydrogen-bond acceptors (Lipinski definition) is 8. The molecular formula is C27H30N4O4. The molecule has 4 rings (SSSR count). The summed E-state index contributed by atoms with van der Waals surface area (Å²) in [6.07, 6.45) is 3.12. The first kappa shape index (κ1) is 24.4. The van der Waals surface area contributed by atoms with Crippen LogP contribution in [0.5, 0.6) is 5.75 Å². The van der Waals surface area contributed by atoms with E-state index in [1.165, 1.54) is 18.2 Å². The lowest BCUT2D eigenvalue weighted by Gasteiger charge is -2.19. The van der Waals surface area contributed by atoms with Crippen LogP contribution in [0.1, 0.15) is 43.4 Å². The van der Waals surface area contributed by atoms with Crippen molar-refractivity contribution in [2.75, 3.05) is 26.7 Å². The van der Waals surface area contributed by atoms with Gasteiger partial charge in [0, 0.05) is 30.6 Å². The number of rotatable bonds is 8. The fourth-order valence-corrected chi connectivity index (χ4v) is 4.25. The van der Waals surface area contributed by atoms with Gasteiger partial charge in [-0.05, 0) is 75.0 Å². The number of hydrogen-bond donors (Lipinski definition) is 0. The van der Waals surface area contributed by atoms with E-state index in [0.29, 0.717) is 35.0 Å². The Morgan fingerprint density at radius 3 is 2.66 bits per heavy atom. The molecule has 1 aliphatic rings. The minimum atomic E-state index is -0.157. The Labute approximate surface area is 205 Å². The lowest BCUT2D eigenvalue weighted by molar-refractivity contribution is -0.140. The molecule has 0 saturated heterocycles. The molecule has 0 fully saturated rings. The van der Waals surface area contributed by atoms with Crippen molar-refractivity contribution >= 4 is 5.97 Å². The second-order valence-electron chi connectivity index (χ2n) is 8.92. The first-order valence-corrected chi connectivity index (χ1v) is 11.9. The molecule has 0 amide bonds. The average molecular weight is 475 g/mol. The summed E-state index contributed by atoms with van der Waals surface area (Å²) in [5.74, 6) is 1.26. The number of nitrogens with zero attached hydrogens (tertiary/aromatic N) is 4. The van der Waals surface area contributed by atoms with Crippen LogP contribution in [0.15, 0.2) is 40.9 Å². The van der Waals surface area contributed by atoms with Crippen molar-refractivity contribution in [2.24, 2.45) is 0 Å². The van der Waals surface area contributed by atoms with Crippen LogP contribution in [0.25, 0.3) is 22.8 Å². The van der Waals surface area contributed by atoms with E-state index in [9.17, 15) is 10.1 Å². The highest BCUT2D eigenvalue weighted by Gasteiger charge is 2.18. The highest BCUT2D eigenvalue weighted by Crippen LogP contribution is 2.29. The highest BCUT2D eigenvalue weighted by molar-refractivity contribution is 5.69. The van der Waals surface area contributed by atoms with Gasteiger partial charge in [0.15, 0.2) is 0 Å². The van der Waals surface area contributed by atoms with E-state index in [4.69, 9.17) is 14.0 Å². The monoisotopic (exact) mass is 474 g/mol. The van der Waals surface area contributed by atoms with Gasteiger partial charge in [0.2, 0.25) is 5.82 Å². The van der Waals surface area contributed by atoms with Crippen LogP contribution >= 0.6 is 0 Å². The SMILES string of the molecule is COC(=O)CCCN1CCc2ccc(-c3noc(-c4ccc(OC(C)C)c(C#N)c4)n3)cc2CC1. The van der Waals surface area contributed by atoms with Crippen molar-refractivity contribution in [3.63, 3.8) is 0 Å². The Hall–Kier alpha value is -3.70. The van der Waals surface area contributed by atoms with Gasteiger partial charge >= 0.3 is 5.97 Å². The number of esters is 1. The van der Waals surface area contributed by atoms with Crippen LogP contribution in [0.4, 0.5) is 0 Å². The maximum absolute atomic E-state index is 11.4. The lowest BCUT2D eigenvalue weighted by Crippen LogP contribution is -2.28. The standard InChI is InChI=1S/C27H30N4O4/c1-18(2)34-24-9-8-22(16-23(24)17-28)27-29-26(30-35-27)21-7-6-19-10-13-31(14-11-20(19)15-21)12-4-5-25(32)33-3/h6-9,15-16,18H,4-5,10-14H2,1-3H3. The van der Waals surface area contributed by atoms with Gasteiger partial charge in [0.25, 0.3) is 5.89 Å². The maximum Gasteiger partial charge on any atom is 0.305 e. The van der Waals surface area contributed by atoms with E-state index in [0.717, 1.165) is 44.5 Å². The largest absolute Gasteiger partial charge is 0.490 e. The van der Waals surface area contributed by atoms with Crippen molar-refractivity contribution in [1.29, 1.82) is 5.26 Å². The summed E-state index contributed by atoms with van der Waals surface area (Å²) in [6.45, 7) is 6.63. The number of methoxy groups -OCH3 is 1. The van der Waals surface area contributed by atoms with Gasteiger partial charge < -0.3 is 18.9 Å². The first-order valence-electron chi connectivity index (χ1n) is 11.9. The van der Waals surface area contributed by atoms with Crippen LogP contribution in [0.2, 0.25) is 0 Å². The number of aromatic nitrogens is 2. The quantitative estimate of drug-likeness (QED) is 0.442. The summed E-state index contributed by atoms with van der Waals surface area (Å²) in [6, 6.07) is 13.8. The molecule has 182 valence electrons. The van der Waals surface area contributed by atoms with Crippen LogP contribution in [0.3, 0.4) is 0 Å². The molecule has 1 aromatic heterocycles. The van der Waals surface area contributed by atoms with Crippen molar-refractivity contribution in [1.82, 2.24) is 15.0 Å². The fraction of sp³-hybridized carbons (Fsp3) is 0.407. The topological polar surface area (TPSA) is 101 Å². The third kappa shape index (κ3) is 6.06. The summed E-state index contributed by atoms with van der Waals surface area (Å²) < 4.78 is 16.0. The zero-order valence-corrected chi connectivity index (χ0v) is 20.4. The predicted octanol–water partition coefficient (Wildman–Crippen LogP) is 4.42. The summed E-state index contributed by atoms with van der Waals surface area (Å²) >= 11 is 0. The molecule has 0 radical (unpaired) electrons. The maximum atomic E-state index is 11.4. The van der Waals surface area contributed by atoms with Crippen molar-refractivity contribution in [3.8, 4) is 34.7 Å². The van der Waals surface area contributed by atoms with Crippen molar-refractivity contribution in [2.45, 2.75) is 45.6 Å². The molecule has 0 bridgehead atoms. The van der Waals surface area contributed by atoms with Gasteiger partial charge in [-0.25, -0.2) is 0 Å². The highest BCUT2D eigenvalue weighted by atomic mass is 16.5. The molecule has 0 saturated carbocycles. The summed E-state index contributed by atoms with van der Waals surface area (Å²) in [5, 5.41) is 13.7. The van der Waals surface area contributed by atoms with E-state index in [2.05, 4.69) is 33.2 Å². The molecule has 35 heavy (non-hydrogen) atoms. The van der Waals surface area contributed by atoms with Gasteiger partial charge in [-0.15, -0.1) is 0 Å². The van der Waals surface area contributed by atoms with Crippen molar-refractivity contribution in [3.05, 3.63) is 53.1 Å². The fourth-order valence-electron chi connectivity index (χ4n) is 4.25. The Kier molecular flexibility index (Phi) is 7.78. The molecule has 0 unspecified atom stereocenters. The Balaban J connectivity index is 1.46. The van der Waals surface area contributed by atoms with Gasteiger partial charge in [0.05, 0.1) is 18.8 Å². The molecule has 2 heterocycles. The molecule has 8 heteroatoms. The zero-order valence-electron chi connectivity index (χ0n) is 20.4. The number of benzene rings is 2. The molecule has 1 aliphatic heterocycles. The number of carbonyl (C=O) groups excluding carboxylic acids is 1. The zero-order chi connectivity index (χ0) is 24.8. The third-order valence-electron chi connectivity index (χ3n) is 6.08. The Morgan fingerprint density at radius 1 is 1.14 bits per heavy atom. The van der Waals surface area contributed by atoms with Crippen LogP contribution in [-0.4, -0.2) is 53.9 Å². The average Bonchev–Trinajstić information content (AvgIpc) is 3.27. The first-order chi connectivity index (χ1) is 17.0. The summed E-state index contributed by atoms with van der Waals surface area (Å²) in [7, 11) is 1.43. The minimum Gasteiger partial charge on any atom is -0.490 e. The molecular weight excluding hydrogens is 444 g/mol. The lowest BCUT2D eigenvalue weighted by atomic mass is 10.00. The Morgan fingerprint density at radius 2 is 1.91 bits per heavy atom. The second kappa shape index (κ2) is 11.2. The number of ether oxygens (including phenoxy) is 2. The number of carbonyl (C=O) groups is 1. The number of nitriles is 1. The van der Waals surface area contributed by atoms with E-state index in [1.807, 2.05) is 26.0 Å². The number of fused-ring (bicyclic) bond motifs is 1. The van der Waals surface area contributed by atoms with E-state index >= 15 is 0 Å². The Bertz CT molecular complexity index is 1230. The normalized spacial score (nSPS) is 13.7.